The minimum absolute atomic E-state index is 0.619. The number of aromatic nitrogens is 2. The summed E-state index contributed by atoms with van der Waals surface area (Å²) < 4.78 is 4.64. The third kappa shape index (κ3) is 4.58. The molecule has 0 saturated carbocycles. The van der Waals surface area contributed by atoms with E-state index in [0.29, 0.717) is 11.1 Å². The number of nitriles is 2. The standard InChI is InChI=1S/C44H32N4/c1-3-10-40-29(2)35-11-4-7-14-41(35)47(40)34-21-18-31(19-22-34)32-20-23-36(33(26-32)28-46)37-12-5-8-15-42(37)48-43-16-9-6-13-38(43)39-25-30(27-45)17-24-44(39)48/h3-6,8-13,15-26H,7,14H2,1-2H3/b10-3-. The van der Waals surface area contributed by atoms with Crippen LogP contribution in [0.2, 0.25) is 0 Å². The average molecular weight is 617 g/mol. The Hall–Kier alpha value is -6.36. The van der Waals surface area contributed by atoms with E-state index in [2.05, 4.69) is 120 Å². The summed E-state index contributed by atoms with van der Waals surface area (Å²) in [6, 6.07) is 42.0. The molecule has 0 unspecified atom stereocenters. The molecule has 4 heteroatoms. The number of benzene rings is 5. The van der Waals surface area contributed by atoms with Crippen LogP contribution in [-0.2, 0) is 6.42 Å². The van der Waals surface area contributed by atoms with Crippen LogP contribution in [0.15, 0.2) is 121 Å². The Bertz CT molecular complexity index is 2540. The van der Waals surface area contributed by atoms with Gasteiger partial charge in [-0.2, -0.15) is 10.5 Å². The van der Waals surface area contributed by atoms with E-state index in [1.165, 1.54) is 22.5 Å². The number of allylic oxidation sites excluding steroid dienone is 2. The molecule has 0 atom stereocenters. The second-order valence-electron chi connectivity index (χ2n) is 12.3. The van der Waals surface area contributed by atoms with Crippen molar-refractivity contribution in [3.8, 4) is 45.8 Å². The molecular formula is C44H32N4. The first kappa shape index (κ1) is 29.1. The fourth-order valence-corrected chi connectivity index (χ4v) is 7.38. The molecule has 0 N–H and O–H groups in total. The largest absolute Gasteiger partial charge is 0.313 e. The molecule has 1 aliphatic carbocycles. The molecule has 0 saturated heterocycles. The lowest BCUT2D eigenvalue weighted by Crippen LogP contribution is -2.04. The Kier molecular flexibility index (Phi) is 7.13. The van der Waals surface area contributed by atoms with Gasteiger partial charge in [0.1, 0.15) is 0 Å². The van der Waals surface area contributed by atoms with Crippen LogP contribution in [0.25, 0.3) is 67.6 Å². The molecule has 0 aliphatic heterocycles. The topological polar surface area (TPSA) is 57.4 Å². The van der Waals surface area contributed by atoms with Crippen molar-refractivity contribution in [2.45, 2.75) is 26.7 Å². The van der Waals surface area contributed by atoms with E-state index in [9.17, 15) is 10.5 Å². The Morgan fingerprint density at radius 1 is 0.708 bits per heavy atom. The molecule has 0 amide bonds. The van der Waals surface area contributed by atoms with Gasteiger partial charge in [0.15, 0.2) is 0 Å². The van der Waals surface area contributed by atoms with Gasteiger partial charge in [-0.15, -0.1) is 0 Å². The molecule has 1 aliphatic rings. The lowest BCUT2D eigenvalue weighted by molar-refractivity contribution is 0.870. The predicted octanol–water partition coefficient (Wildman–Crippen LogP) is 11.0. The zero-order valence-electron chi connectivity index (χ0n) is 26.9. The van der Waals surface area contributed by atoms with Gasteiger partial charge in [0.05, 0.1) is 40.0 Å². The van der Waals surface area contributed by atoms with E-state index in [0.717, 1.165) is 68.3 Å². The van der Waals surface area contributed by atoms with Gasteiger partial charge in [-0.1, -0.05) is 78.9 Å². The number of rotatable bonds is 5. The van der Waals surface area contributed by atoms with Gasteiger partial charge in [-0.05, 0) is 104 Å². The molecule has 0 bridgehead atoms. The second kappa shape index (κ2) is 11.8. The summed E-state index contributed by atoms with van der Waals surface area (Å²) in [7, 11) is 0. The molecule has 7 aromatic rings. The lowest BCUT2D eigenvalue weighted by Gasteiger charge is -2.16. The van der Waals surface area contributed by atoms with Crippen LogP contribution in [-0.4, -0.2) is 9.13 Å². The Balaban J connectivity index is 1.22. The summed E-state index contributed by atoms with van der Waals surface area (Å²) >= 11 is 0. The van der Waals surface area contributed by atoms with Crippen molar-refractivity contribution in [1.29, 1.82) is 10.5 Å². The van der Waals surface area contributed by atoms with Crippen molar-refractivity contribution in [2.75, 3.05) is 0 Å². The first-order valence-electron chi connectivity index (χ1n) is 16.3. The van der Waals surface area contributed by atoms with E-state index in [-0.39, 0.29) is 0 Å². The number of para-hydroxylation sites is 2. The van der Waals surface area contributed by atoms with Crippen LogP contribution in [0.1, 0.15) is 47.0 Å². The molecule has 48 heavy (non-hydrogen) atoms. The highest BCUT2D eigenvalue weighted by molar-refractivity contribution is 6.10. The number of hydrogen-bond donors (Lipinski definition) is 0. The maximum Gasteiger partial charge on any atom is 0.0998 e. The molecule has 0 radical (unpaired) electrons. The molecule has 5 aromatic carbocycles. The lowest BCUT2D eigenvalue weighted by atomic mass is 9.94. The summed E-state index contributed by atoms with van der Waals surface area (Å²) in [4.78, 5) is 0. The predicted molar refractivity (Wildman–Crippen MR) is 197 cm³/mol. The van der Waals surface area contributed by atoms with Crippen molar-refractivity contribution in [3.05, 3.63) is 155 Å². The zero-order valence-corrected chi connectivity index (χ0v) is 26.9. The smallest absolute Gasteiger partial charge is 0.0998 e. The Morgan fingerprint density at radius 3 is 2.29 bits per heavy atom. The summed E-state index contributed by atoms with van der Waals surface area (Å²) in [5, 5.41) is 22.2. The third-order valence-electron chi connectivity index (χ3n) is 9.60. The quantitative estimate of drug-likeness (QED) is 0.193. The monoisotopic (exact) mass is 616 g/mol. The maximum absolute atomic E-state index is 10.5. The van der Waals surface area contributed by atoms with Crippen LogP contribution in [0.3, 0.4) is 0 Å². The Labute approximate surface area is 280 Å². The van der Waals surface area contributed by atoms with E-state index in [4.69, 9.17) is 0 Å². The average Bonchev–Trinajstić information content (AvgIpc) is 3.62. The van der Waals surface area contributed by atoms with Crippen LogP contribution < -0.4 is 0 Å². The summed E-state index contributed by atoms with van der Waals surface area (Å²) in [6.45, 7) is 4.28. The highest BCUT2D eigenvalue weighted by atomic mass is 15.0. The van der Waals surface area contributed by atoms with E-state index in [1.54, 1.807) is 0 Å². The molecule has 0 spiro atoms. The molecule has 0 fully saturated rings. The number of fused-ring (bicyclic) bond motifs is 4. The minimum atomic E-state index is 0.619. The molecule has 228 valence electrons. The fraction of sp³-hybridized carbons (Fsp3) is 0.0909. The van der Waals surface area contributed by atoms with Crippen molar-refractivity contribution >= 4 is 34.0 Å². The van der Waals surface area contributed by atoms with Gasteiger partial charge in [0, 0.05) is 39.0 Å². The number of nitrogens with zero attached hydrogens (tertiary/aromatic N) is 4. The highest BCUT2D eigenvalue weighted by Crippen LogP contribution is 2.39. The summed E-state index contributed by atoms with van der Waals surface area (Å²) in [5.74, 6) is 0. The molecule has 2 aromatic heterocycles. The third-order valence-corrected chi connectivity index (χ3v) is 9.60. The van der Waals surface area contributed by atoms with Gasteiger partial charge in [-0.25, -0.2) is 0 Å². The first-order valence-corrected chi connectivity index (χ1v) is 16.3. The van der Waals surface area contributed by atoms with Crippen molar-refractivity contribution in [3.63, 3.8) is 0 Å². The first-order chi connectivity index (χ1) is 23.6. The number of hydrogen-bond acceptors (Lipinski definition) is 2. The van der Waals surface area contributed by atoms with E-state index < -0.39 is 0 Å². The maximum atomic E-state index is 10.5. The minimum Gasteiger partial charge on any atom is -0.313 e. The van der Waals surface area contributed by atoms with Gasteiger partial charge in [-0.3, -0.25) is 0 Å². The van der Waals surface area contributed by atoms with Crippen molar-refractivity contribution < 1.29 is 0 Å². The summed E-state index contributed by atoms with van der Waals surface area (Å²) in [6.07, 6.45) is 10.9. The molecular weight excluding hydrogens is 585 g/mol. The van der Waals surface area contributed by atoms with Crippen LogP contribution in [0.5, 0.6) is 0 Å². The molecule has 8 rings (SSSR count). The van der Waals surface area contributed by atoms with Gasteiger partial charge < -0.3 is 9.13 Å². The van der Waals surface area contributed by atoms with Crippen LogP contribution in [0.4, 0.5) is 0 Å². The van der Waals surface area contributed by atoms with Gasteiger partial charge in [0.2, 0.25) is 0 Å². The second-order valence-corrected chi connectivity index (χ2v) is 12.3. The SMILES string of the molecule is C/C=C\c1c(C)c2c(n1-c1ccc(-c3ccc(-c4ccccc4-n4c5ccccc5c5cc(C#N)ccc54)c(C#N)c3)cc1)CCC=C2. The van der Waals surface area contributed by atoms with E-state index >= 15 is 0 Å². The highest BCUT2D eigenvalue weighted by Gasteiger charge is 2.21. The van der Waals surface area contributed by atoms with Crippen molar-refractivity contribution in [1.82, 2.24) is 9.13 Å². The summed E-state index contributed by atoms with van der Waals surface area (Å²) in [5.41, 5.74) is 14.6. The molecule has 2 heterocycles. The van der Waals surface area contributed by atoms with Crippen LogP contribution in [0, 0.1) is 29.6 Å². The fourth-order valence-electron chi connectivity index (χ4n) is 7.38. The van der Waals surface area contributed by atoms with Crippen molar-refractivity contribution in [2.24, 2.45) is 0 Å². The zero-order chi connectivity index (χ0) is 32.8. The molecule has 4 nitrogen and oxygen atoms in total. The van der Waals surface area contributed by atoms with Gasteiger partial charge >= 0.3 is 0 Å². The van der Waals surface area contributed by atoms with E-state index in [1.807, 2.05) is 48.5 Å². The van der Waals surface area contributed by atoms with Gasteiger partial charge in [0.25, 0.3) is 0 Å². The normalized spacial score (nSPS) is 12.4. The van der Waals surface area contributed by atoms with Crippen LogP contribution >= 0.6 is 0 Å². The Morgan fingerprint density at radius 2 is 1.48 bits per heavy atom.